The predicted octanol–water partition coefficient (Wildman–Crippen LogP) is 3.14. The average Bonchev–Trinajstić information content (AvgIpc) is 3.04. The summed E-state index contributed by atoms with van der Waals surface area (Å²) in [5.74, 6) is 3.20. The Morgan fingerprint density at radius 1 is 1.08 bits per heavy atom. The molecule has 26 heavy (non-hydrogen) atoms. The number of nitrogens with two attached hydrogens (primary N) is 1. The summed E-state index contributed by atoms with van der Waals surface area (Å²) >= 11 is 0. The van der Waals surface area contributed by atoms with E-state index in [-0.39, 0.29) is 30.7 Å². The molecule has 3 aromatic rings. The van der Waals surface area contributed by atoms with Gasteiger partial charge in [-0.2, -0.15) is 4.98 Å². The van der Waals surface area contributed by atoms with Crippen LogP contribution in [-0.4, -0.2) is 33.2 Å². The fourth-order valence-corrected chi connectivity index (χ4v) is 2.39. The zero-order chi connectivity index (χ0) is 16.9. The van der Waals surface area contributed by atoms with Crippen molar-refractivity contribution >= 4 is 41.5 Å². The van der Waals surface area contributed by atoms with Crippen LogP contribution >= 0.6 is 24.8 Å². The molecule has 2 aromatic heterocycles. The summed E-state index contributed by atoms with van der Waals surface area (Å²) in [7, 11) is 0. The van der Waals surface area contributed by atoms with Gasteiger partial charge in [0, 0.05) is 30.7 Å². The van der Waals surface area contributed by atoms with Gasteiger partial charge in [-0.3, -0.25) is 0 Å². The maximum Gasteiger partial charge on any atom is 0.228 e. The third-order valence-electron chi connectivity index (χ3n) is 3.65. The molecule has 0 spiro atoms. The quantitative estimate of drug-likeness (QED) is 0.629. The van der Waals surface area contributed by atoms with Gasteiger partial charge in [-0.15, -0.1) is 24.8 Å². The summed E-state index contributed by atoms with van der Waals surface area (Å²) in [4.78, 5) is 13.5. The molecular formula is C17H24Cl2N6O. The standard InChI is InChI=1S/C17H22N6O.2ClH/c1-11(2)16-22-15(24-23-16)8-10-19-17-12-5-3-4-6-13(12)20-14(21-17)7-9-18;;/h3-6,11H,7-10,18H2,1-2H3,(H,19,20,21);2*1H. The summed E-state index contributed by atoms with van der Waals surface area (Å²) in [5.41, 5.74) is 6.54. The monoisotopic (exact) mass is 398 g/mol. The van der Waals surface area contributed by atoms with Crippen LogP contribution in [0.2, 0.25) is 0 Å². The first kappa shape index (κ1) is 22.1. The van der Waals surface area contributed by atoms with E-state index in [1.54, 1.807) is 0 Å². The number of benzene rings is 1. The van der Waals surface area contributed by atoms with Crippen molar-refractivity contribution in [3.05, 3.63) is 41.8 Å². The van der Waals surface area contributed by atoms with Crippen LogP contribution in [0.3, 0.4) is 0 Å². The second kappa shape index (κ2) is 10.3. The van der Waals surface area contributed by atoms with E-state index in [1.807, 2.05) is 38.1 Å². The topological polar surface area (TPSA) is 103 Å². The Morgan fingerprint density at radius 3 is 2.54 bits per heavy atom. The number of hydrogen-bond donors (Lipinski definition) is 2. The first-order chi connectivity index (χ1) is 11.7. The summed E-state index contributed by atoms with van der Waals surface area (Å²) < 4.78 is 5.26. The van der Waals surface area contributed by atoms with Crippen molar-refractivity contribution in [1.29, 1.82) is 0 Å². The lowest BCUT2D eigenvalue weighted by Crippen LogP contribution is -2.11. The van der Waals surface area contributed by atoms with E-state index in [0.717, 1.165) is 28.4 Å². The summed E-state index contributed by atoms with van der Waals surface area (Å²) in [5, 5.41) is 8.32. The largest absolute Gasteiger partial charge is 0.369 e. The molecule has 0 bridgehead atoms. The van der Waals surface area contributed by atoms with Crippen LogP contribution in [-0.2, 0) is 12.8 Å². The number of hydrogen-bond acceptors (Lipinski definition) is 7. The Hall–Kier alpha value is -1.96. The minimum atomic E-state index is 0. The number of fused-ring (bicyclic) bond motifs is 1. The molecule has 0 amide bonds. The highest BCUT2D eigenvalue weighted by Crippen LogP contribution is 2.20. The Morgan fingerprint density at radius 2 is 1.85 bits per heavy atom. The SMILES string of the molecule is CC(C)c1noc(CCNc2nc(CCN)nc3ccccc23)n1.Cl.Cl. The maximum atomic E-state index is 5.63. The predicted molar refractivity (Wildman–Crippen MR) is 107 cm³/mol. The van der Waals surface area contributed by atoms with Crippen LogP contribution in [0, 0.1) is 0 Å². The van der Waals surface area contributed by atoms with Gasteiger partial charge in [-0.05, 0) is 18.7 Å². The van der Waals surface area contributed by atoms with Crippen molar-refractivity contribution < 1.29 is 4.52 Å². The van der Waals surface area contributed by atoms with Crippen molar-refractivity contribution in [2.45, 2.75) is 32.6 Å². The molecule has 7 nitrogen and oxygen atoms in total. The molecule has 0 radical (unpaired) electrons. The smallest absolute Gasteiger partial charge is 0.228 e. The number of rotatable bonds is 7. The molecule has 9 heteroatoms. The van der Waals surface area contributed by atoms with Gasteiger partial charge in [0.2, 0.25) is 5.89 Å². The zero-order valence-corrected chi connectivity index (χ0v) is 16.4. The fraction of sp³-hybridized carbons (Fsp3) is 0.412. The van der Waals surface area contributed by atoms with Gasteiger partial charge in [0.25, 0.3) is 0 Å². The van der Waals surface area contributed by atoms with Gasteiger partial charge in [0.15, 0.2) is 5.82 Å². The molecular weight excluding hydrogens is 375 g/mol. The van der Waals surface area contributed by atoms with E-state index in [0.29, 0.717) is 31.8 Å². The van der Waals surface area contributed by atoms with Crippen molar-refractivity contribution in [3.63, 3.8) is 0 Å². The minimum Gasteiger partial charge on any atom is -0.369 e. The third-order valence-corrected chi connectivity index (χ3v) is 3.65. The molecule has 3 N–H and O–H groups in total. The molecule has 1 aromatic carbocycles. The molecule has 0 atom stereocenters. The highest BCUT2D eigenvalue weighted by molar-refractivity contribution is 5.89. The average molecular weight is 399 g/mol. The molecule has 0 aliphatic heterocycles. The van der Waals surface area contributed by atoms with Gasteiger partial charge in [-0.25, -0.2) is 9.97 Å². The van der Waals surface area contributed by atoms with Crippen LogP contribution in [0.4, 0.5) is 5.82 Å². The van der Waals surface area contributed by atoms with E-state index in [1.165, 1.54) is 0 Å². The molecule has 0 unspecified atom stereocenters. The van der Waals surface area contributed by atoms with E-state index >= 15 is 0 Å². The first-order valence-corrected chi connectivity index (χ1v) is 8.19. The van der Waals surface area contributed by atoms with Crippen molar-refractivity contribution in [1.82, 2.24) is 20.1 Å². The van der Waals surface area contributed by atoms with Gasteiger partial charge in [-0.1, -0.05) is 31.1 Å². The van der Waals surface area contributed by atoms with Crippen molar-refractivity contribution in [2.75, 3.05) is 18.4 Å². The highest BCUT2D eigenvalue weighted by atomic mass is 35.5. The Balaban J connectivity index is 0.00000169. The summed E-state index contributed by atoms with van der Waals surface area (Å²) in [6, 6.07) is 7.94. The lowest BCUT2D eigenvalue weighted by atomic mass is 10.2. The van der Waals surface area contributed by atoms with E-state index < -0.39 is 0 Å². The molecule has 0 aliphatic carbocycles. The molecule has 0 saturated carbocycles. The highest BCUT2D eigenvalue weighted by Gasteiger charge is 2.10. The van der Waals surface area contributed by atoms with Crippen LogP contribution < -0.4 is 11.1 Å². The molecule has 0 fully saturated rings. The number of para-hydroxylation sites is 1. The summed E-state index contributed by atoms with van der Waals surface area (Å²) in [6.45, 7) is 5.26. The van der Waals surface area contributed by atoms with Crippen LogP contribution in [0.1, 0.15) is 37.3 Å². The van der Waals surface area contributed by atoms with Crippen molar-refractivity contribution in [2.24, 2.45) is 5.73 Å². The lowest BCUT2D eigenvalue weighted by Gasteiger charge is -2.09. The van der Waals surface area contributed by atoms with Gasteiger partial charge < -0.3 is 15.6 Å². The van der Waals surface area contributed by atoms with Gasteiger partial charge in [0.05, 0.1) is 5.52 Å². The zero-order valence-electron chi connectivity index (χ0n) is 14.8. The Bertz CT molecular complexity index is 824. The summed E-state index contributed by atoms with van der Waals surface area (Å²) in [6.07, 6.45) is 1.30. The molecule has 3 rings (SSSR count). The van der Waals surface area contributed by atoms with Crippen LogP contribution in [0.25, 0.3) is 10.9 Å². The molecule has 0 saturated heterocycles. The second-order valence-electron chi connectivity index (χ2n) is 5.92. The maximum absolute atomic E-state index is 5.63. The fourth-order valence-electron chi connectivity index (χ4n) is 2.39. The first-order valence-electron chi connectivity index (χ1n) is 8.19. The van der Waals surface area contributed by atoms with Crippen molar-refractivity contribution in [3.8, 4) is 0 Å². The number of nitrogens with one attached hydrogen (secondary N) is 1. The third kappa shape index (κ3) is 5.27. The molecule has 0 aliphatic rings. The number of nitrogens with zero attached hydrogens (tertiary/aromatic N) is 4. The molecule has 142 valence electrons. The number of halogens is 2. The Labute approximate surface area is 165 Å². The van der Waals surface area contributed by atoms with E-state index in [9.17, 15) is 0 Å². The second-order valence-corrected chi connectivity index (χ2v) is 5.92. The van der Waals surface area contributed by atoms with Gasteiger partial charge in [0.1, 0.15) is 11.6 Å². The Kier molecular flexibility index (Phi) is 8.71. The van der Waals surface area contributed by atoms with Crippen LogP contribution in [0.5, 0.6) is 0 Å². The molecule has 2 heterocycles. The normalized spacial score (nSPS) is 10.5. The van der Waals surface area contributed by atoms with E-state index in [2.05, 4.69) is 25.4 Å². The number of anilines is 1. The van der Waals surface area contributed by atoms with Gasteiger partial charge >= 0.3 is 0 Å². The van der Waals surface area contributed by atoms with E-state index in [4.69, 9.17) is 10.3 Å². The minimum absolute atomic E-state index is 0. The lowest BCUT2D eigenvalue weighted by molar-refractivity contribution is 0.373. The number of aromatic nitrogens is 4. The van der Waals surface area contributed by atoms with Crippen LogP contribution in [0.15, 0.2) is 28.8 Å².